The van der Waals surface area contributed by atoms with Crippen LogP contribution in [0.15, 0.2) is 18.2 Å². The molecule has 0 bridgehead atoms. The number of carboxylic acid groups (broad SMARTS) is 1. The number of benzene rings is 1. The second-order valence-electron chi connectivity index (χ2n) is 6.59. The summed E-state index contributed by atoms with van der Waals surface area (Å²) in [5, 5.41) is 27.1. The Hall–Kier alpha value is -1.48. The summed E-state index contributed by atoms with van der Waals surface area (Å²) in [6.07, 6.45) is 0.646. The van der Waals surface area contributed by atoms with E-state index in [0.29, 0.717) is 31.0 Å². The lowest BCUT2D eigenvalue weighted by Gasteiger charge is -2.24. The van der Waals surface area contributed by atoms with Crippen LogP contribution in [0.5, 0.6) is 0 Å². The van der Waals surface area contributed by atoms with Gasteiger partial charge in [0.1, 0.15) is 5.82 Å². The average Bonchev–Trinajstić information content (AvgIpc) is 2.99. The van der Waals surface area contributed by atoms with Crippen LogP contribution in [0, 0.1) is 0 Å². The van der Waals surface area contributed by atoms with E-state index in [1.807, 2.05) is 29.8 Å². The standard InChI is InChI=1S/C19H28ClN3O4S/c1-22-17-6-5-14(11-16(17)21-18(22)3-2-4-19(26)27)23(8-7-20)9-10-28-13-15(25)12-24/h5-6,11,15,24-25H,2-4,7-10,12-13H2,1H3,(H,26,27). The van der Waals surface area contributed by atoms with Gasteiger partial charge in [0, 0.05) is 56.1 Å². The number of hydrogen-bond donors (Lipinski definition) is 3. The van der Waals surface area contributed by atoms with Crippen molar-refractivity contribution in [3.05, 3.63) is 24.0 Å². The quantitative estimate of drug-likeness (QED) is 0.331. The number of fused-ring (bicyclic) bond motifs is 1. The summed E-state index contributed by atoms with van der Waals surface area (Å²) in [6.45, 7) is 1.26. The van der Waals surface area contributed by atoms with Crippen LogP contribution in [0.1, 0.15) is 18.7 Å². The number of carbonyl (C=O) groups is 1. The number of hydrogen-bond acceptors (Lipinski definition) is 6. The van der Waals surface area contributed by atoms with Crippen molar-refractivity contribution in [2.24, 2.45) is 7.05 Å². The third kappa shape index (κ3) is 6.55. The zero-order valence-corrected chi connectivity index (χ0v) is 17.6. The maximum absolute atomic E-state index is 10.7. The van der Waals surface area contributed by atoms with E-state index in [4.69, 9.17) is 21.8 Å². The summed E-state index contributed by atoms with van der Waals surface area (Å²) in [6, 6.07) is 6.11. The summed E-state index contributed by atoms with van der Waals surface area (Å²) >= 11 is 7.57. The first-order valence-electron chi connectivity index (χ1n) is 9.31. The Kier molecular flexibility index (Phi) is 9.37. The van der Waals surface area contributed by atoms with E-state index in [1.165, 1.54) is 0 Å². The number of aromatic nitrogens is 2. The highest BCUT2D eigenvalue weighted by Gasteiger charge is 2.12. The number of thioether (sulfide) groups is 1. The molecule has 3 N–H and O–H groups in total. The van der Waals surface area contributed by atoms with Gasteiger partial charge in [0.25, 0.3) is 0 Å². The van der Waals surface area contributed by atoms with Crippen molar-refractivity contribution >= 4 is 46.1 Å². The summed E-state index contributed by atoms with van der Waals surface area (Å²) in [7, 11) is 1.95. The van der Waals surface area contributed by atoms with Gasteiger partial charge in [0.15, 0.2) is 0 Å². The maximum Gasteiger partial charge on any atom is 0.303 e. The second-order valence-corrected chi connectivity index (χ2v) is 8.12. The minimum absolute atomic E-state index is 0.139. The van der Waals surface area contributed by atoms with Gasteiger partial charge in [-0.2, -0.15) is 11.8 Å². The van der Waals surface area contributed by atoms with Crippen molar-refractivity contribution in [1.29, 1.82) is 0 Å². The van der Waals surface area contributed by atoms with Crippen LogP contribution in [0.4, 0.5) is 5.69 Å². The maximum atomic E-state index is 10.7. The molecule has 7 nitrogen and oxygen atoms in total. The van der Waals surface area contributed by atoms with Gasteiger partial charge in [-0.05, 0) is 24.6 Å². The number of halogens is 1. The predicted octanol–water partition coefficient (Wildman–Crippen LogP) is 2.11. The lowest BCUT2D eigenvalue weighted by atomic mass is 10.2. The minimum Gasteiger partial charge on any atom is -0.481 e. The van der Waals surface area contributed by atoms with Crippen molar-refractivity contribution in [2.45, 2.75) is 25.4 Å². The smallest absolute Gasteiger partial charge is 0.303 e. The Bertz CT molecular complexity index is 771. The SMILES string of the molecule is Cn1c(CCCC(=O)O)nc2cc(N(CCCl)CCSCC(O)CO)ccc21. The van der Waals surface area contributed by atoms with Crippen molar-refractivity contribution in [3.8, 4) is 0 Å². The number of rotatable bonds is 13. The molecule has 0 aliphatic heterocycles. The molecule has 1 heterocycles. The van der Waals surface area contributed by atoms with Crippen molar-refractivity contribution in [3.63, 3.8) is 0 Å². The fraction of sp³-hybridized carbons (Fsp3) is 0.579. The minimum atomic E-state index is -0.790. The molecule has 0 aliphatic carbocycles. The van der Waals surface area contributed by atoms with Crippen LogP contribution < -0.4 is 4.90 Å². The van der Waals surface area contributed by atoms with Gasteiger partial charge in [0.05, 0.1) is 23.7 Å². The molecule has 2 aromatic rings. The number of anilines is 1. The first-order chi connectivity index (χ1) is 13.5. The van der Waals surface area contributed by atoms with Crippen LogP contribution in [0.2, 0.25) is 0 Å². The number of alkyl halides is 1. The molecule has 0 aliphatic rings. The van der Waals surface area contributed by atoms with Gasteiger partial charge in [-0.15, -0.1) is 11.6 Å². The van der Waals surface area contributed by atoms with Crippen LogP contribution in [0.25, 0.3) is 11.0 Å². The van der Waals surface area contributed by atoms with Crippen molar-refractivity contribution in [2.75, 3.05) is 42.0 Å². The van der Waals surface area contributed by atoms with Crippen LogP contribution >= 0.6 is 23.4 Å². The molecular weight excluding hydrogens is 402 g/mol. The molecule has 1 aromatic carbocycles. The molecule has 1 aromatic heterocycles. The summed E-state index contributed by atoms with van der Waals surface area (Å²) in [5.74, 6) is 1.91. The molecule has 0 spiro atoms. The van der Waals surface area contributed by atoms with Gasteiger partial charge in [-0.3, -0.25) is 4.79 Å². The van der Waals surface area contributed by atoms with Crippen LogP contribution in [0.3, 0.4) is 0 Å². The molecule has 1 atom stereocenters. The summed E-state index contributed by atoms with van der Waals surface area (Å²) < 4.78 is 2.01. The topological polar surface area (TPSA) is 98.8 Å². The number of aryl methyl sites for hydroxylation is 2. The Balaban J connectivity index is 2.07. The first-order valence-corrected chi connectivity index (χ1v) is 11.0. The normalized spacial score (nSPS) is 12.4. The zero-order valence-electron chi connectivity index (χ0n) is 16.1. The highest BCUT2D eigenvalue weighted by molar-refractivity contribution is 7.99. The van der Waals surface area contributed by atoms with Gasteiger partial charge < -0.3 is 24.8 Å². The molecule has 0 radical (unpaired) electrons. The second kappa shape index (κ2) is 11.5. The molecule has 156 valence electrons. The van der Waals surface area contributed by atoms with E-state index in [9.17, 15) is 9.90 Å². The number of imidazole rings is 1. The van der Waals surface area contributed by atoms with Gasteiger partial charge in [-0.1, -0.05) is 0 Å². The molecule has 28 heavy (non-hydrogen) atoms. The fourth-order valence-corrected chi connectivity index (χ4v) is 4.07. The zero-order chi connectivity index (χ0) is 20.5. The van der Waals surface area contributed by atoms with Gasteiger partial charge >= 0.3 is 5.97 Å². The van der Waals surface area contributed by atoms with Crippen molar-refractivity contribution < 1.29 is 20.1 Å². The van der Waals surface area contributed by atoms with E-state index in [-0.39, 0.29) is 13.0 Å². The third-order valence-electron chi connectivity index (χ3n) is 4.49. The summed E-state index contributed by atoms with van der Waals surface area (Å²) in [4.78, 5) is 17.6. The molecular formula is C19H28ClN3O4S. The largest absolute Gasteiger partial charge is 0.481 e. The molecule has 9 heteroatoms. The van der Waals surface area contributed by atoms with Crippen LogP contribution in [-0.2, 0) is 18.3 Å². The Morgan fingerprint density at radius 2 is 2.18 bits per heavy atom. The molecule has 0 amide bonds. The Morgan fingerprint density at radius 3 is 2.86 bits per heavy atom. The molecule has 0 saturated heterocycles. The number of aliphatic carboxylic acids is 1. The van der Waals surface area contributed by atoms with E-state index < -0.39 is 12.1 Å². The summed E-state index contributed by atoms with van der Waals surface area (Å²) in [5.41, 5.74) is 2.93. The van der Waals surface area contributed by atoms with Crippen LogP contribution in [-0.4, -0.2) is 74.0 Å². The molecule has 2 rings (SSSR count). The predicted molar refractivity (Wildman–Crippen MR) is 115 cm³/mol. The average molecular weight is 430 g/mol. The van der Waals surface area contributed by atoms with Crippen molar-refractivity contribution in [1.82, 2.24) is 9.55 Å². The van der Waals surface area contributed by atoms with Gasteiger partial charge in [-0.25, -0.2) is 4.98 Å². The third-order valence-corrected chi connectivity index (χ3v) is 5.75. The number of carboxylic acids is 1. The van der Waals surface area contributed by atoms with E-state index in [0.717, 1.165) is 34.8 Å². The Morgan fingerprint density at radius 1 is 1.39 bits per heavy atom. The number of nitrogens with zero attached hydrogens (tertiary/aromatic N) is 3. The highest BCUT2D eigenvalue weighted by atomic mass is 35.5. The molecule has 0 saturated carbocycles. The fourth-order valence-electron chi connectivity index (χ4n) is 2.97. The van der Waals surface area contributed by atoms with Gasteiger partial charge in [0.2, 0.25) is 0 Å². The molecule has 0 fully saturated rings. The molecule has 1 unspecified atom stereocenters. The lowest BCUT2D eigenvalue weighted by molar-refractivity contribution is -0.137. The monoisotopic (exact) mass is 429 g/mol. The lowest BCUT2D eigenvalue weighted by Crippen LogP contribution is -2.28. The Labute approximate surface area is 174 Å². The van der Waals surface area contributed by atoms with E-state index in [1.54, 1.807) is 11.8 Å². The first kappa shape index (κ1) is 22.8. The number of aliphatic hydroxyl groups excluding tert-OH is 2. The van der Waals surface area contributed by atoms with E-state index >= 15 is 0 Å². The van der Waals surface area contributed by atoms with E-state index in [2.05, 4.69) is 9.88 Å². The highest BCUT2D eigenvalue weighted by Crippen LogP contribution is 2.23. The number of aliphatic hydroxyl groups is 2.